The van der Waals surface area contributed by atoms with Crippen LogP contribution in [0.25, 0.3) is 5.00 Å². The molecule has 7 heteroatoms. The van der Waals surface area contributed by atoms with Crippen LogP contribution in [0.15, 0.2) is 30.9 Å². The summed E-state index contributed by atoms with van der Waals surface area (Å²) in [5.41, 5.74) is 1.75. The van der Waals surface area contributed by atoms with Gasteiger partial charge >= 0.3 is 0 Å². The number of carbonyl (C=O) groups is 1. The van der Waals surface area contributed by atoms with Crippen LogP contribution < -0.4 is 5.32 Å². The zero-order valence-electron chi connectivity index (χ0n) is 15.0. The molecule has 0 aliphatic carbocycles. The lowest BCUT2D eigenvalue weighted by atomic mass is 10.1. The lowest BCUT2D eigenvalue weighted by Gasteiger charge is -2.15. The van der Waals surface area contributed by atoms with Gasteiger partial charge < -0.3 is 14.5 Å². The van der Waals surface area contributed by atoms with E-state index in [1.54, 1.807) is 17.7 Å². The van der Waals surface area contributed by atoms with Gasteiger partial charge in [-0.05, 0) is 44.9 Å². The molecule has 1 atom stereocenters. The van der Waals surface area contributed by atoms with Gasteiger partial charge in [0.05, 0.1) is 11.6 Å². The third kappa shape index (κ3) is 3.37. The molecule has 0 aromatic carbocycles. The summed E-state index contributed by atoms with van der Waals surface area (Å²) in [6.07, 6.45) is 6.63. The van der Waals surface area contributed by atoms with E-state index in [1.165, 1.54) is 0 Å². The molecule has 3 rings (SSSR count). The zero-order valence-corrected chi connectivity index (χ0v) is 15.8. The summed E-state index contributed by atoms with van der Waals surface area (Å²) >= 11 is 1.63. The number of hydrogen-bond donors (Lipinski definition) is 1. The van der Waals surface area contributed by atoms with Crippen molar-refractivity contribution < 1.29 is 4.79 Å². The summed E-state index contributed by atoms with van der Waals surface area (Å²) in [5, 5.41) is 12.2. The molecule has 0 radical (unpaired) electrons. The Morgan fingerprint density at radius 1 is 1.32 bits per heavy atom. The first kappa shape index (κ1) is 17.4. The molecule has 6 nitrogen and oxygen atoms in total. The maximum absolute atomic E-state index is 13.0. The van der Waals surface area contributed by atoms with Gasteiger partial charge in [0.1, 0.15) is 11.3 Å². The van der Waals surface area contributed by atoms with Crippen LogP contribution in [0.2, 0.25) is 0 Å². The average molecular weight is 357 g/mol. The van der Waals surface area contributed by atoms with Crippen LogP contribution in [-0.4, -0.2) is 25.2 Å². The maximum atomic E-state index is 13.0. The second-order valence-electron chi connectivity index (χ2n) is 6.13. The van der Waals surface area contributed by atoms with Gasteiger partial charge in [-0.15, -0.1) is 21.5 Å². The van der Waals surface area contributed by atoms with E-state index in [9.17, 15) is 4.79 Å². The van der Waals surface area contributed by atoms with Crippen molar-refractivity contribution in [3.63, 3.8) is 0 Å². The largest absolute Gasteiger partial charge is 0.342 e. The quantitative estimate of drug-likeness (QED) is 0.732. The van der Waals surface area contributed by atoms with Crippen molar-refractivity contribution in [2.75, 3.05) is 0 Å². The third-order valence-electron chi connectivity index (χ3n) is 4.28. The second-order valence-corrected chi connectivity index (χ2v) is 7.33. The topological polar surface area (TPSA) is 64.7 Å². The number of aryl methyl sites for hydroxylation is 2. The number of nitrogens with one attached hydrogen (secondary N) is 1. The SMILES string of the molecule is CCCn1cnnc1[C@@H](C)NC(=O)c1c(-n2cccc2)sc(C)c1C. The van der Waals surface area contributed by atoms with E-state index in [0.29, 0.717) is 0 Å². The monoisotopic (exact) mass is 357 g/mol. The molecule has 0 aliphatic heterocycles. The highest BCUT2D eigenvalue weighted by Crippen LogP contribution is 2.31. The van der Waals surface area contributed by atoms with Crippen LogP contribution in [0.4, 0.5) is 0 Å². The fourth-order valence-electron chi connectivity index (χ4n) is 2.87. The summed E-state index contributed by atoms with van der Waals surface area (Å²) in [6.45, 7) is 8.93. The number of carbonyl (C=O) groups excluding carboxylic acids is 1. The Labute approximate surface area is 151 Å². The molecular weight excluding hydrogens is 334 g/mol. The fraction of sp³-hybridized carbons (Fsp3) is 0.389. The molecule has 1 amide bonds. The Morgan fingerprint density at radius 2 is 2.04 bits per heavy atom. The van der Waals surface area contributed by atoms with E-state index in [4.69, 9.17) is 0 Å². The van der Waals surface area contributed by atoms with E-state index >= 15 is 0 Å². The second kappa shape index (κ2) is 7.23. The van der Waals surface area contributed by atoms with Crippen molar-refractivity contribution in [3.05, 3.63) is 52.7 Å². The van der Waals surface area contributed by atoms with Crippen LogP contribution in [0.1, 0.15) is 52.9 Å². The Morgan fingerprint density at radius 3 is 2.72 bits per heavy atom. The van der Waals surface area contributed by atoms with Crippen molar-refractivity contribution in [1.29, 1.82) is 0 Å². The molecule has 0 spiro atoms. The smallest absolute Gasteiger partial charge is 0.255 e. The Balaban J connectivity index is 1.88. The average Bonchev–Trinajstić information content (AvgIpc) is 3.29. The van der Waals surface area contributed by atoms with Crippen molar-refractivity contribution in [3.8, 4) is 5.00 Å². The van der Waals surface area contributed by atoms with E-state index in [2.05, 4.69) is 22.4 Å². The first-order valence-electron chi connectivity index (χ1n) is 8.44. The fourth-order valence-corrected chi connectivity index (χ4v) is 3.99. The molecule has 0 saturated heterocycles. The van der Waals surface area contributed by atoms with Crippen LogP contribution in [0.3, 0.4) is 0 Å². The van der Waals surface area contributed by atoms with Crippen LogP contribution in [-0.2, 0) is 6.54 Å². The number of rotatable bonds is 6. The molecule has 0 fully saturated rings. The van der Waals surface area contributed by atoms with Gasteiger partial charge in [-0.1, -0.05) is 6.92 Å². The van der Waals surface area contributed by atoms with Crippen molar-refractivity contribution >= 4 is 17.2 Å². The molecule has 0 unspecified atom stereocenters. The first-order chi connectivity index (χ1) is 12.0. The van der Waals surface area contributed by atoms with E-state index in [1.807, 2.05) is 54.4 Å². The number of hydrogen-bond acceptors (Lipinski definition) is 4. The van der Waals surface area contributed by atoms with Gasteiger partial charge in [-0.25, -0.2) is 0 Å². The minimum atomic E-state index is -0.210. The zero-order chi connectivity index (χ0) is 18.0. The normalized spacial score (nSPS) is 12.3. The van der Waals surface area contributed by atoms with E-state index in [0.717, 1.165) is 39.8 Å². The van der Waals surface area contributed by atoms with Crippen molar-refractivity contribution in [2.45, 2.75) is 46.7 Å². The van der Waals surface area contributed by atoms with Crippen LogP contribution in [0.5, 0.6) is 0 Å². The first-order valence-corrected chi connectivity index (χ1v) is 9.26. The Kier molecular flexibility index (Phi) is 5.03. The minimum Gasteiger partial charge on any atom is -0.342 e. The van der Waals surface area contributed by atoms with Crippen LogP contribution in [0, 0.1) is 13.8 Å². The number of nitrogens with zero attached hydrogens (tertiary/aromatic N) is 4. The predicted molar refractivity (Wildman–Crippen MR) is 99.3 cm³/mol. The summed E-state index contributed by atoms with van der Waals surface area (Å²) in [4.78, 5) is 14.1. The molecule has 1 N–H and O–H groups in total. The highest BCUT2D eigenvalue weighted by molar-refractivity contribution is 7.15. The highest BCUT2D eigenvalue weighted by Gasteiger charge is 2.23. The molecular formula is C18H23N5OS. The molecule has 0 saturated carbocycles. The van der Waals surface area contributed by atoms with Crippen molar-refractivity contribution in [2.24, 2.45) is 0 Å². The highest BCUT2D eigenvalue weighted by atomic mass is 32.1. The standard InChI is InChI=1S/C18H23N5OS/c1-5-8-23-11-19-21-16(23)13(3)20-17(24)15-12(2)14(4)25-18(15)22-9-6-7-10-22/h6-7,9-11,13H,5,8H2,1-4H3,(H,20,24)/t13-/m1/s1. The predicted octanol–water partition coefficient (Wildman–Crippen LogP) is 3.65. The molecule has 3 aromatic heterocycles. The van der Waals surface area contributed by atoms with Crippen LogP contribution >= 0.6 is 11.3 Å². The molecule has 0 bridgehead atoms. The third-order valence-corrected chi connectivity index (χ3v) is 5.50. The summed E-state index contributed by atoms with van der Waals surface area (Å²) in [7, 11) is 0. The minimum absolute atomic E-state index is 0.0795. The number of aromatic nitrogens is 4. The van der Waals surface area contributed by atoms with Gasteiger partial charge in [0.25, 0.3) is 5.91 Å². The molecule has 132 valence electrons. The van der Waals surface area contributed by atoms with E-state index < -0.39 is 0 Å². The Bertz CT molecular complexity index is 862. The van der Waals surface area contributed by atoms with Gasteiger partial charge in [0.2, 0.25) is 0 Å². The van der Waals surface area contributed by atoms with Gasteiger partial charge in [0.15, 0.2) is 5.82 Å². The van der Waals surface area contributed by atoms with Gasteiger partial charge in [-0.3, -0.25) is 4.79 Å². The van der Waals surface area contributed by atoms with E-state index in [-0.39, 0.29) is 11.9 Å². The maximum Gasteiger partial charge on any atom is 0.255 e. The van der Waals surface area contributed by atoms with Gasteiger partial charge in [0, 0.05) is 23.8 Å². The Hall–Kier alpha value is -2.41. The summed E-state index contributed by atoms with van der Waals surface area (Å²) < 4.78 is 3.98. The number of thiophene rings is 1. The number of amides is 1. The molecule has 3 aromatic rings. The summed E-state index contributed by atoms with van der Waals surface area (Å²) in [6, 6.07) is 3.71. The molecule has 25 heavy (non-hydrogen) atoms. The van der Waals surface area contributed by atoms with Crippen molar-refractivity contribution in [1.82, 2.24) is 24.6 Å². The molecule has 0 aliphatic rings. The molecule has 3 heterocycles. The summed E-state index contributed by atoms with van der Waals surface area (Å²) in [5.74, 6) is 0.700. The lowest BCUT2D eigenvalue weighted by Crippen LogP contribution is -2.29. The lowest BCUT2D eigenvalue weighted by molar-refractivity contribution is 0.0937. The van der Waals surface area contributed by atoms with Gasteiger partial charge in [-0.2, -0.15) is 0 Å².